The number of nitrogens with zero attached hydrogens (tertiary/aromatic N) is 1. The lowest BCUT2D eigenvalue weighted by Gasteiger charge is -2.18. The van der Waals surface area contributed by atoms with Crippen molar-refractivity contribution in [3.63, 3.8) is 0 Å². The van der Waals surface area contributed by atoms with E-state index in [9.17, 15) is 15.2 Å². The predicted octanol–water partition coefficient (Wildman–Crippen LogP) is 8.21. The molecule has 39 heavy (non-hydrogen) atoms. The summed E-state index contributed by atoms with van der Waals surface area (Å²) in [6.07, 6.45) is 0.556. The molecule has 9 heteroatoms. The number of carbonyl (C=O) groups is 1. The normalized spacial score (nSPS) is 18.7. The smallest absolute Gasteiger partial charge is 0.335 e. The van der Waals surface area contributed by atoms with Crippen molar-refractivity contribution < 1.29 is 19.7 Å². The van der Waals surface area contributed by atoms with Gasteiger partial charge in [-0.2, -0.15) is 5.26 Å². The number of carboxylic acid groups (broad SMARTS) is 1. The third-order valence-electron chi connectivity index (χ3n) is 6.90. The largest absolute Gasteiger partial charge is 0.512 e. The molecule has 0 radical (unpaired) electrons. The molecule has 6 nitrogen and oxygen atoms in total. The average Bonchev–Trinajstić information content (AvgIpc) is 3.64. The summed E-state index contributed by atoms with van der Waals surface area (Å²) in [6, 6.07) is 18.9. The lowest BCUT2D eigenvalue weighted by atomic mass is 9.91. The monoisotopic (exact) mass is 582 g/mol. The second-order valence-electron chi connectivity index (χ2n) is 9.69. The Morgan fingerprint density at radius 3 is 2.26 bits per heavy atom. The molecule has 0 bridgehead atoms. The van der Waals surface area contributed by atoms with Gasteiger partial charge in [-0.1, -0.05) is 72.9 Å². The molecule has 2 unspecified atom stereocenters. The Bertz CT molecular complexity index is 1510. The molecule has 2 atom stereocenters. The first-order valence-electron chi connectivity index (χ1n) is 12.1. The number of nitrogens with one attached hydrogen (secondary N) is 1. The Labute approximate surface area is 241 Å². The molecule has 200 valence electrons. The van der Waals surface area contributed by atoms with E-state index in [4.69, 9.17) is 50.1 Å². The SMILES string of the molecule is CC(C)/C(O)=C(\COc1ccc(C2(C#N)CC2c2ccc(C(=O)O)cc2)c(Cl)c1)C(=N)c1c(Cl)cccc1Cl. The first-order valence-corrected chi connectivity index (χ1v) is 13.3. The standard InChI is InChI=1S/C30H25Cl3N2O4/c1-16(2)28(36)20(27(35)26-23(31)4-3-5-24(26)32)14-39-19-10-11-21(25(33)12-19)30(15-34)13-22(30)17-6-8-18(9-7-17)29(37)38/h3-12,16,22,35-36H,13-14H2,1-2H3,(H,37,38)/b28-20-,35-27?. The summed E-state index contributed by atoms with van der Waals surface area (Å²) in [5.74, 6) is -1.02. The fourth-order valence-corrected chi connectivity index (χ4v) is 5.54. The second-order valence-corrected chi connectivity index (χ2v) is 10.9. The molecule has 4 rings (SSSR count). The van der Waals surface area contributed by atoms with Gasteiger partial charge in [-0.05, 0) is 53.9 Å². The summed E-state index contributed by atoms with van der Waals surface area (Å²) in [5, 5.41) is 39.6. The van der Waals surface area contributed by atoms with Gasteiger partial charge in [-0.3, -0.25) is 5.41 Å². The van der Waals surface area contributed by atoms with E-state index in [-0.39, 0.29) is 51.1 Å². The number of carboxylic acids is 1. The fraction of sp³-hybridized carbons (Fsp3) is 0.233. The molecule has 3 aromatic rings. The molecule has 0 spiro atoms. The van der Waals surface area contributed by atoms with Crippen LogP contribution in [0.5, 0.6) is 5.75 Å². The summed E-state index contributed by atoms with van der Waals surface area (Å²) in [5.41, 5.74) is 1.37. The highest BCUT2D eigenvalue weighted by atomic mass is 35.5. The van der Waals surface area contributed by atoms with Gasteiger partial charge in [0.25, 0.3) is 0 Å². The van der Waals surface area contributed by atoms with E-state index in [2.05, 4.69) is 6.07 Å². The number of ether oxygens (including phenoxy) is 1. The number of benzene rings is 3. The Kier molecular flexibility index (Phi) is 8.27. The van der Waals surface area contributed by atoms with E-state index >= 15 is 0 Å². The Balaban J connectivity index is 1.56. The van der Waals surface area contributed by atoms with Crippen molar-refractivity contribution in [3.8, 4) is 11.8 Å². The Morgan fingerprint density at radius 2 is 1.72 bits per heavy atom. The number of hydrogen-bond donors (Lipinski definition) is 3. The van der Waals surface area contributed by atoms with Gasteiger partial charge in [0.15, 0.2) is 0 Å². The minimum atomic E-state index is -1.01. The summed E-state index contributed by atoms with van der Waals surface area (Å²) < 4.78 is 5.94. The van der Waals surface area contributed by atoms with Gasteiger partial charge in [0.1, 0.15) is 18.1 Å². The van der Waals surface area contributed by atoms with Crippen LogP contribution in [0.4, 0.5) is 0 Å². The van der Waals surface area contributed by atoms with Crippen molar-refractivity contribution >= 4 is 46.5 Å². The van der Waals surface area contributed by atoms with Crippen molar-refractivity contribution in [2.45, 2.75) is 31.6 Å². The van der Waals surface area contributed by atoms with Gasteiger partial charge in [-0.15, -0.1) is 0 Å². The third-order valence-corrected chi connectivity index (χ3v) is 7.84. The Morgan fingerprint density at radius 1 is 1.08 bits per heavy atom. The van der Waals surface area contributed by atoms with Crippen LogP contribution >= 0.6 is 34.8 Å². The highest BCUT2D eigenvalue weighted by Gasteiger charge is 2.57. The molecular formula is C30H25Cl3N2O4. The van der Waals surface area contributed by atoms with Crippen LogP contribution in [0.25, 0.3) is 0 Å². The van der Waals surface area contributed by atoms with Crippen molar-refractivity contribution in [3.05, 3.63) is 109 Å². The minimum absolute atomic E-state index is 0.0168. The van der Waals surface area contributed by atoms with Gasteiger partial charge in [0.05, 0.1) is 38.4 Å². The summed E-state index contributed by atoms with van der Waals surface area (Å²) >= 11 is 19.2. The number of hydrogen-bond acceptors (Lipinski definition) is 5. The van der Waals surface area contributed by atoms with Gasteiger partial charge >= 0.3 is 5.97 Å². The van der Waals surface area contributed by atoms with E-state index in [1.54, 1.807) is 62.4 Å². The van der Waals surface area contributed by atoms with Crippen molar-refractivity contribution in [1.29, 1.82) is 10.7 Å². The van der Waals surface area contributed by atoms with E-state index in [0.29, 0.717) is 28.3 Å². The van der Waals surface area contributed by atoms with Crippen molar-refractivity contribution in [1.82, 2.24) is 0 Å². The highest BCUT2D eigenvalue weighted by Crippen LogP contribution is 2.61. The van der Waals surface area contributed by atoms with E-state index in [0.717, 1.165) is 5.56 Å². The van der Waals surface area contributed by atoms with Crippen molar-refractivity contribution in [2.24, 2.45) is 5.92 Å². The molecule has 0 amide bonds. The fourth-order valence-electron chi connectivity index (χ4n) is 4.62. The number of rotatable bonds is 9. The number of aliphatic hydroxyl groups excluding tert-OH is 1. The van der Waals surface area contributed by atoms with Gasteiger partial charge in [0.2, 0.25) is 0 Å². The molecule has 0 aliphatic heterocycles. The first kappa shape index (κ1) is 28.5. The molecule has 1 saturated carbocycles. The number of halogens is 3. The molecular weight excluding hydrogens is 559 g/mol. The van der Waals surface area contributed by atoms with Crippen LogP contribution < -0.4 is 4.74 Å². The lowest BCUT2D eigenvalue weighted by Crippen LogP contribution is -2.17. The highest BCUT2D eigenvalue weighted by molar-refractivity contribution is 6.41. The summed E-state index contributed by atoms with van der Waals surface area (Å²) in [4.78, 5) is 11.2. The number of aliphatic hydroxyl groups is 1. The molecule has 0 aromatic heterocycles. The molecule has 1 aliphatic carbocycles. The van der Waals surface area contributed by atoms with Crippen LogP contribution in [-0.2, 0) is 5.41 Å². The molecule has 0 heterocycles. The number of nitriles is 1. The second kappa shape index (κ2) is 11.3. The molecule has 1 fully saturated rings. The summed E-state index contributed by atoms with van der Waals surface area (Å²) in [7, 11) is 0. The maximum absolute atomic E-state index is 11.2. The number of aromatic carboxylic acids is 1. The van der Waals surface area contributed by atoms with Gasteiger partial charge in [0, 0.05) is 22.4 Å². The van der Waals surface area contributed by atoms with E-state index in [1.165, 1.54) is 12.1 Å². The van der Waals surface area contributed by atoms with Crippen LogP contribution in [-0.4, -0.2) is 28.5 Å². The third kappa shape index (κ3) is 5.62. The summed E-state index contributed by atoms with van der Waals surface area (Å²) in [6.45, 7) is 3.46. The van der Waals surface area contributed by atoms with Gasteiger partial charge < -0.3 is 14.9 Å². The zero-order valence-electron chi connectivity index (χ0n) is 21.1. The lowest BCUT2D eigenvalue weighted by molar-refractivity contribution is 0.0697. The van der Waals surface area contributed by atoms with Gasteiger partial charge in [-0.25, -0.2) is 4.79 Å². The van der Waals surface area contributed by atoms with Crippen LogP contribution in [0.15, 0.2) is 72.0 Å². The first-order chi connectivity index (χ1) is 18.5. The van der Waals surface area contributed by atoms with E-state index in [1.807, 2.05) is 0 Å². The quantitative estimate of drug-likeness (QED) is 0.173. The maximum atomic E-state index is 11.2. The topological polar surface area (TPSA) is 114 Å². The van der Waals surface area contributed by atoms with Crippen molar-refractivity contribution in [2.75, 3.05) is 6.61 Å². The zero-order valence-corrected chi connectivity index (χ0v) is 23.4. The van der Waals surface area contributed by atoms with Crippen LogP contribution in [0.1, 0.15) is 53.2 Å². The van der Waals surface area contributed by atoms with E-state index < -0.39 is 11.4 Å². The zero-order chi connectivity index (χ0) is 28.5. The molecule has 3 aromatic carbocycles. The average molecular weight is 584 g/mol. The maximum Gasteiger partial charge on any atom is 0.335 e. The van der Waals surface area contributed by atoms with Crippen LogP contribution in [0, 0.1) is 22.7 Å². The number of allylic oxidation sites excluding steroid dienone is 1. The molecule has 0 saturated heterocycles. The van der Waals surface area contributed by atoms with Crippen LogP contribution in [0.2, 0.25) is 15.1 Å². The molecule has 1 aliphatic rings. The Hall–Kier alpha value is -3.50. The van der Waals surface area contributed by atoms with Crippen LogP contribution in [0.3, 0.4) is 0 Å². The predicted molar refractivity (Wildman–Crippen MR) is 153 cm³/mol. The minimum Gasteiger partial charge on any atom is -0.512 e. The molecule has 3 N–H and O–H groups in total.